The molecule has 1 fully saturated rings. The van der Waals surface area contributed by atoms with E-state index in [9.17, 15) is 14.4 Å². The van der Waals surface area contributed by atoms with Crippen LogP contribution in [0.4, 0.5) is 0 Å². The van der Waals surface area contributed by atoms with Crippen LogP contribution in [0, 0.1) is 0 Å². The number of hydrogen-bond donors (Lipinski definition) is 2. The maximum Gasteiger partial charge on any atom is 0.242 e. The second kappa shape index (κ2) is 8.14. The summed E-state index contributed by atoms with van der Waals surface area (Å²) in [4.78, 5) is 36.2. The zero-order valence-electron chi connectivity index (χ0n) is 11.1. The molecule has 0 radical (unpaired) electrons. The fourth-order valence-corrected chi connectivity index (χ4v) is 2.36. The van der Waals surface area contributed by atoms with Crippen molar-refractivity contribution in [3.05, 3.63) is 0 Å². The Morgan fingerprint density at radius 3 is 2.74 bits per heavy atom. The molecule has 3 amide bonds. The molecule has 1 aliphatic rings. The predicted molar refractivity (Wildman–Crippen MR) is 74.8 cm³/mol. The molecule has 19 heavy (non-hydrogen) atoms. The lowest BCUT2D eigenvalue weighted by Gasteiger charge is -2.26. The minimum absolute atomic E-state index is 0.0399. The molecule has 1 atom stereocenters. The molecule has 108 valence electrons. The Morgan fingerprint density at radius 2 is 2.21 bits per heavy atom. The van der Waals surface area contributed by atoms with Gasteiger partial charge in [0.1, 0.15) is 6.04 Å². The van der Waals surface area contributed by atoms with Crippen molar-refractivity contribution in [2.45, 2.75) is 31.7 Å². The first-order chi connectivity index (χ1) is 9.10. The van der Waals surface area contributed by atoms with E-state index in [0.717, 1.165) is 6.42 Å². The van der Waals surface area contributed by atoms with Crippen LogP contribution in [-0.4, -0.2) is 54.1 Å². The van der Waals surface area contributed by atoms with Gasteiger partial charge in [-0.15, -0.1) is 0 Å². The number of rotatable bonds is 7. The molecule has 0 aliphatic carbocycles. The van der Waals surface area contributed by atoms with E-state index < -0.39 is 6.04 Å². The van der Waals surface area contributed by atoms with Crippen molar-refractivity contribution in [1.29, 1.82) is 0 Å². The summed E-state index contributed by atoms with van der Waals surface area (Å²) in [6, 6.07) is -0.416. The van der Waals surface area contributed by atoms with Gasteiger partial charge in [-0.2, -0.15) is 0 Å². The zero-order chi connectivity index (χ0) is 14.3. The predicted octanol–water partition coefficient (Wildman–Crippen LogP) is 0.0147. The van der Waals surface area contributed by atoms with Gasteiger partial charge in [-0.3, -0.25) is 14.4 Å². The van der Waals surface area contributed by atoms with Crippen molar-refractivity contribution < 1.29 is 14.4 Å². The van der Waals surface area contributed by atoms with Crippen molar-refractivity contribution in [3.63, 3.8) is 0 Å². The minimum Gasteiger partial charge on any atom is -0.357 e. The summed E-state index contributed by atoms with van der Waals surface area (Å²) in [5, 5.41) is 5.60. The molecule has 1 heterocycles. The highest BCUT2D eigenvalue weighted by molar-refractivity contribution is 9.09. The van der Waals surface area contributed by atoms with E-state index in [-0.39, 0.29) is 23.1 Å². The second-order valence-corrected chi connectivity index (χ2v) is 5.01. The number of carbonyl (C=O) groups is 3. The molecule has 7 heteroatoms. The van der Waals surface area contributed by atoms with Gasteiger partial charge in [0, 0.05) is 26.6 Å². The van der Waals surface area contributed by atoms with Crippen LogP contribution in [0.5, 0.6) is 0 Å². The van der Waals surface area contributed by atoms with E-state index in [4.69, 9.17) is 0 Å². The Hall–Kier alpha value is -1.11. The Labute approximate surface area is 121 Å². The van der Waals surface area contributed by atoms with Gasteiger partial charge in [0.25, 0.3) is 0 Å². The van der Waals surface area contributed by atoms with E-state index in [2.05, 4.69) is 26.6 Å². The first-order valence-electron chi connectivity index (χ1n) is 6.44. The average molecular weight is 334 g/mol. The highest BCUT2D eigenvalue weighted by atomic mass is 79.9. The third-order valence-electron chi connectivity index (χ3n) is 3.13. The molecular weight excluding hydrogens is 314 g/mol. The molecular formula is C12H20BrN3O3. The van der Waals surface area contributed by atoms with Crippen LogP contribution in [0.1, 0.15) is 25.7 Å². The number of hydrogen-bond acceptors (Lipinski definition) is 3. The van der Waals surface area contributed by atoms with E-state index >= 15 is 0 Å². The quantitative estimate of drug-likeness (QED) is 0.509. The molecule has 0 aromatic rings. The first kappa shape index (κ1) is 15.9. The van der Waals surface area contributed by atoms with Crippen molar-refractivity contribution in [3.8, 4) is 0 Å². The van der Waals surface area contributed by atoms with Gasteiger partial charge in [-0.05, 0) is 19.3 Å². The number of likely N-dealkylation sites (tertiary alicyclic amines) is 1. The summed E-state index contributed by atoms with van der Waals surface area (Å²) >= 11 is 3.06. The molecule has 0 unspecified atom stereocenters. The Balaban J connectivity index is 2.44. The number of likely N-dealkylation sites (N-methyl/N-ethyl adjacent to an activating group) is 1. The van der Waals surface area contributed by atoms with Crippen LogP contribution in [0.15, 0.2) is 0 Å². The normalized spacial score (nSPS) is 16.3. The van der Waals surface area contributed by atoms with Crippen molar-refractivity contribution >= 4 is 33.7 Å². The molecule has 0 aromatic heterocycles. The van der Waals surface area contributed by atoms with Gasteiger partial charge in [-0.1, -0.05) is 15.9 Å². The Kier molecular flexibility index (Phi) is 6.83. The number of alkyl halides is 1. The standard InChI is InChI=1S/C12H20BrN3O3/c1-14-12(19)9(16-7-3-5-11(16)18)4-2-6-15-10(17)8-13/h9H,2-8H2,1H3,(H,14,19)(H,15,17)/t9-/m1/s1. The highest BCUT2D eigenvalue weighted by Gasteiger charge is 2.31. The van der Waals surface area contributed by atoms with Gasteiger partial charge < -0.3 is 15.5 Å². The number of nitrogens with zero attached hydrogens (tertiary/aromatic N) is 1. The molecule has 1 aliphatic heterocycles. The summed E-state index contributed by atoms with van der Waals surface area (Å²) in [6.45, 7) is 1.16. The summed E-state index contributed by atoms with van der Waals surface area (Å²) in [7, 11) is 1.57. The average Bonchev–Trinajstić information content (AvgIpc) is 2.83. The Morgan fingerprint density at radius 1 is 1.47 bits per heavy atom. The molecule has 1 rings (SSSR count). The van der Waals surface area contributed by atoms with Crippen LogP contribution < -0.4 is 10.6 Å². The molecule has 0 spiro atoms. The highest BCUT2D eigenvalue weighted by Crippen LogP contribution is 2.17. The van der Waals surface area contributed by atoms with E-state index in [0.29, 0.717) is 32.4 Å². The number of nitrogens with one attached hydrogen (secondary N) is 2. The second-order valence-electron chi connectivity index (χ2n) is 4.45. The molecule has 0 aromatic carbocycles. The topological polar surface area (TPSA) is 78.5 Å². The summed E-state index contributed by atoms with van der Waals surface area (Å²) < 4.78 is 0. The van der Waals surface area contributed by atoms with Crippen molar-refractivity contribution in [1.82, 2.24) is 15.5 Å². The molecule has 6 nitrogen and oxygen atoms in total. The number of halogens is 1. The lowest BCUT2D eigenvalue weighted by atomic mass is 10.1. The van der Waals surface area contributed by atoms with Crippen LogP contribution in [0.3, 0.4) is 0 Å². The monoisotopic (exact) mass is 333 g/mol. The fraction of sp³-hybridized carbons (Fsp3) is 0.750. The lowest BCUT2D eigenvalue weighted by Crippen LogP contribution is -2.46. The largest absolute Gasteiger partial charge is 0.357 e. The van der Waals surface area contributed by atoms with Crippen molar-refractivity contribution in [2.24, 2.45) is 0 Å². The maximum atomic E-state index is 11.8. The molecule has 1 saturated heterocycles. The first-order valence-corrected chi connectivity index (χ1v) is 7.56. The van der Waals surface area contributed by atoms with E-state index in [1.54, 1.807) is 11.9 Å². The molecule has 2 N–H and O–H groups in total. The van der Waals surface area contributed by atoms with Crippen molar-refractivity contribution in [2.75, 3.05) is 25.5 Å². The van der Waals surface area contributed by atoms with Gasteiger partial charge >= 0.3 is 0 Å². The fourth-order valence-electron chi connectivity index (χ4n) is 2.16. The minimum atomic E-state index is -0.416. The third kappa shape index (κ3) is 4.81. The Bertz CT molecular complexity index is 349. The van der Waals surface area contributed by atoms with Gasteiger partial charge in [-0.25, -0.2) is 0 Å². The third-order valence-corrected chi connectivity index (χ3v) is 3.64. The van der Waals surface area contributed by atoms with E-state index in [1.807, 2.05) is 0 Å². The summed E-state index contributed by atoms with van der Waals surface area (Å²) in [6.07, 6.45) is 2.56. The zero-order valence-corrected chi connectivity index (χ0v) is 12.7. The van der Waals surface area contributed by atoms with Gasteiger partial charge in [0.15, 0.2) is 0 Å². The number of amides is 3. The SMILES string of the molecule is CNC(=O)[C@@H](CCCNC(=O)CBr)N1CCCC1=O. The van der Waals surface area contributed by atoms with Gasteiger partial charge in [0.05, 0.1) is 5.33 Å². The number of carbonyl (C=O) groups excluding carboxylic acids is 3. The van der Waals surface area contributed by atoms with Gasteiger partial charge in [0.2, 0.25) is 17.7 Å². The smallest absolute Gasteiger partial charge is 0.242 e. The van der Waals surface area contributed by atoms with E-state index in [1.165, 1.54) is 0 Å². The van der Waals surface area contributed by atoms with Crippen LogP contribution in [-0.2, 0) is 14.4 Å². The lowest BCUT2D eigenvalue weighted by molar-refractivity contribution is -0.137. The molecule has 0 saturated carbocycles. The van der Waals surface area contributed by atoms with Crippen LogP contribution in [0.25, 0.3) is 0 Å². The summed E-state index contributed by atoms with van der Waals surface area (Å²) in [5.41, 5.74) is 0. The molecule has 0 bridgehead atoms. The van der Waals surface area contributed by atoms with Crippen LogP contribution >= 0.6 is 15.9 Å². The summed E-state index contributed by atoms with van der Waals surface area (Å²) in [5.74, 6) is -0.172. The maximum absolute atomic E-state index is 11.8. The van der Waals surface area contributed by atoms with Crippen LogP contribution in [0.2, 0.25) is 0 Å².